The van der Waals surface area contributed by atoms with Crippen molar-refractivity contribution in [3.05, 3.63) is 70.8 Å². The van der Waals surface area contributed by atoms with Crippen LogP contribution in [0.4, 0.5) is 0 Å². The molecule has 0 radical (unpaired) electrons. The van der Waals surface area contributed by atoms with E-state index in [1.807, 2.05) is 35.0 Å². The van der Waals surface area contributed by atoms with Crippen molar-refractivity contribution in [2.45, 2.75) is 19.0 Å². The molecule has 1 amide bonds. The van der Waals surface area contributed by atoms with Crippen molar-refractivity contribution in [1.29, 1.82) is 0 Å². The van der Waals surface area contributed by atoms with E-state index in [9.17, 15) is 14.7 Å². The minimum absolute atomic E-state index is 0.201. The highest BCUT2D eigenvalue weighted by Crippen LogP contribution is 2.24. The Morgan fingerprint density at radius 1 is 1.08 bits per heavy atom. The molecule has 3 rings (SSSR count). The monoisotopic (exact) mass is 400 g/mol. The Bertz CT molecular complexity index is 905. The molecule has 6 heteroatoms. The molecule has 0 aliphatic heterocycles. The normalized spacial score (nSPS) is 12.0. The van der Waals surface area contributed by atoms with Gasteiger partial charge in [-0.25, -0.2) is 4.79 Å². The van der Waals surface area contributed by atoms with Crippen LogP contribution >= 0.6 is 15.9 Å². The van der Waals surface area contributed by atoms with Gasteiger partial charge in [-0.1, -0.05) is 52.3 Å². The molecule has 0 unspecified atom stereocenters. The lowest BCUT2D eigenvalue weighted by atomic mass is 10.1. The van der Waals surface area contributed by atoms with Gasteiger partial charge < -0.3 is 15.0 Å². The number of halogens is 1. The van der Waals surface area contributed by atoms with Crippen LogP contribution in [0.2, 0.25) is 0 Å². The summed E-state index contributed by atoms with van der Waals surface area (Å²) in [5, 5.41) is 13.0. The fourth-order valence-electron chi connectivity index (χ4n) is 2.77. The molecule has 2 N–H and O–H groups in total. The van der Waals surface area contributed by atoms with Crippen LogP contribution in [0.5, 0.6) is 0 Å². The molecule has 2 aromatic carbocycles. The van der Waals surface area contributed by atoms with E-state index in [2.05, 4.69) is 21.2 Å². The molecule has 25 heavy (non-hydrogen) atoms. The molecule has 0 saturated carbocycles. The van der Waals surface area contributed by atoms with Crippen LogP contribution in [0.25, 0.3) is 10.9 Å². The third kappa shape index (κ3) is 3.91. The first-order valence-corrected chi connectivity index (χ1v) is 8.66. The van der Waals surface area contributed by atoms with E-state index in [0.29, 0.717) is 12.1 Å². The predicted octanol–water partition coefficient (Wildman–Crippen LogP) is 3.74. The minimum Gasteiger partial charge on any atom is -0.479 e. The number of carboxylic acids is 1. The fourth-order valence-corrected chi connectivity index (χ4v) is 3.26. The highest BCUT2D eigenvalue weighted by atomic mass is 79.9. The van der Waals surface area contributed by atoms with Gasteiger partial charge in [0.2, 0.25) is 5.91 Å². The first-order chi connectivity index (χ1) is 12.1. The summed E-state index contributed by atoms with van der Waals surface area (Å²) >= 11 is 3.51. The summed E-state index contributed by atoms with van der Waals surface area (Å²) in [5.41, 5.74) is 1.58. The van der Waals surface area contributed by atoms with Gasteiger partial charge in [-0.05, 0) is 23.8 Å². The Hall–Kier alpha value is -2.60. The van der Waals surface area contributed by atoms with Gasteiger partial charge in [0.25, 0.3) is 0 Å². The number of aromatic nitrogens is 1. The molecule has 0 spiro atoms. The van der Waals surface area contributed by atoms with Gasteiger partial charge in [-0.3, -0.25) is 4.79 Å². The van der Waals surface area contributed by atoms with Crippen molar-refractivity contribution in [2.75, 3.05) is 0 Å². The largest absolute Gasteiger partial charge is 0.479 e. The number of nitrogens with zero attached hydrogens (tertiary/aromatic N) is 1. The lowest BCUT2D eigenvalue weighted by Gasteiger charge is -2.15. The van der Waals surface area contributed by atoms with Gasteiger partial charge >= 0.3 is 5.97 Å². The molecule has 0 aliphatic carbocycles. The number of hydrogen-bond donors (Lipinski definition) is 2. The number of benzene rings is 2. The molecule has 1 aromatic heterocycles. The van der Waals surface area contributed by atoms with Crippen molar-refractivity contribution in [1.82, 2.24) is 9.88 Å². The molecule has 0 aliphatic rings. The Balaban J connectivity index is 1.67. The van der Waals surface area contributed by atoms with E-state index in [1.54, 1.807) is 30.3 Å². The molecular formula is C19H17BrN2O3. The van der Waals surface area contributed by atoms with Crippen molar-refractivity contribution in [3.8, 4) is 0 Å². The molecule has 1 atom stereocenters. The number of carbonyl (C=O) groups is 2. The van der Waals surface area contributed by atoms with Crippen LogP contribution in [-0.2, 0) is 16.1 Å². The van der Waals surface area contributed by atoms with Gasteiger partial charge in [-0.15, -0.1) is 0 Å². The second-order valence-electron chi connectivity index (χ2n) is 5.68. The lowest BCUT2D eigenvalue weighted by Crippen LogP contribution is -2.34. The quantitative estimate of drug-likeness (QED) is 0.661. The van der Waals surface area contributed by atoms with Gasteiger partial charge in [0, 0.05) is 34.5 Å². The number of rotatable bonds is 6. The van der Waals surface area contributed by atoms with E-state index < -0.39 is 12.0 Å². The van der Waals surface area contributed by atoms with Crippen LogP contribution in [0.15, 0.2) is 65.3 Å². The molecule has 1 heterocycles. The van der Waals surface area contributed by atoms with Crippen molar-refractivity contribution >= 4 is 38.7 Å². The number of amides is 1. The number of carbonyl (C=O) groups excluding carboxylic acids is 1. The number of fused-ring (bicyclic) bond motifs is 1. The highest BCUT2D eigenvalue weighted by Gasteiger charge is 2.21. The Morgan fingerprint density at radius 2 is 1.84 bits per heavy atom. The van der Waals surface area contributed by atoms with Gasteiger partial charge in [-0.2, -0.15) is 0 Å². The SMILES string of the molecule is O=C(CCn1ccc2c(Br)cccc21)N[C@@H](C(=O)O)c1ccccc1. The summed E-state index contributed by atoms with van der Waals surface area (Å²) in [7, 11) is 0. The van der Waals surface area contributed by atoms with Crippen LogP contribution in [0.3, 0.4) is 0 Å². The summed E-state index contributed by atoms with van der Waals surface area (Å²) in [6, 6.07) is 15.5. The Kier molecular flexibility index (Phi) is 5.19. The maximum absolute atomic E-state index is 12.2. The zero-order valence-corrected chi connectivity index (χ0v) is 14.9. The lowest BCUT2D eigenvalue weighted by molar-refractivity contribution is -0.142. The molecule has 5 nitrogen and oxygen atoms in total. The maximum atomic E-state index is 12.2. The first-order valence-electron chi connectivity index (χ1n) is 7.87. The fraction of sp³-hybridized carbons (Fsp3) is 0.158. The second kappa shape index (κ2) is 7.53. The van der Waals surface area contributed by atoms with Gasteiger partial charge in [0.05, 0.1) is 0 Å². The third-order valence-corrected chi connectivity index (χ3v) is 4.72. The van der Waals surface area contributed by atoms with Crippen LogP contribution in [-0.4, -0.2) is 21.6 Å². The van der Waals surface area contributed by atoms with Crippen LogP contribution in [0, 0.1) is 0 Å². The van der Waals surface area contributed by atoms with Crippen molar-refractivity contribution < 1.29 is 14.7 Å². The molecule has 0 saturated heterocycles. The highest BCUT2D eigenvalue weighted by molar-refractivity contribution is 9.10. The number of aliphatic carboxylic acids is 1. The molecule has 0 fully saturated rings. The summed E-state index contributed by atoms with van der Waals surface area (Å²) in [4.78, 5) is 23.7. The number of carboxylic acid groups (broad SMARTS) is 1. The predicted molar refractivity (Wildman–Crippen MR) is 99.2 cm³/mol. The van der Waals surface area contributed by atoms with E-state index in [-0.39, 0.29) is 12.3 Å². The number of hydrogen-bond acceptors (Lipinski definition) is 2. The minimum atomic E-state index is -1.07. The standard InChI is InChI=1S/C19H17BrN2O3/c20-15-7-4-8-16-14(15)9-11-22(16)12-10-17(23)21-18(19(24)25)13-5-2-1-3-6-13/h1-9,11,18H,10,12H2,(H,21,23)(H,24,25)/t18-/m1/s1. The second-order valence-corrected chi connectivity index (χ2v) is 6.54. The molecule has 128 valence electrons. The summed E-state index contributed by atoms with van der Waals surface area (Å²) in [6.45, 7) is 0.479. The zero-order valence-electron chi connectivity index (χ0n) is 13.4. The van der Waals surface area contributed by atoms with Gasteiger partial charge in [0.1, 0.15) is 0 Å². The van der Waals surface area contributed by atoms with E-state index in [1.165, 1.54) is 0 Å². The van der Waals surface area contributed by atoms with Gasteiger partial charge in [0.15, 0.2) is 6.04 Å². The third-order valence-electron chi connectivity index (χ3n) is 4.03. The smallest absolute Gasteiger partial charge is 0.330 e. The Labute approximate surface area is 153 Å². The number of nitrogens with one attached hydrogen (secondary N) is 1. The van der Waals surface area contributed by atoms with E-state index in [0.717, 1.165) is 15.4 Å². The summed E-state index contributed by atoms with van der Waals surface area (Å²) in [6.07, 6.45) is 2.13. The molecule has 0 bridgehead atoms. The number of aryl methyl sites for hydroxylation is 1. The van der Waals surface area contributed by atoms with Crippen molar-refractivity contribution in [2.24, 2.45) is 0 Å². The average Bonchev–Trinajstić information content (AvgIpc) is 3.03. The first kappa shape index (κ1) is 17.2. The molecular weight excluding hydrogens is 384 g/mol. The summed E-state index contributed by atoms with van der Waals surface area (Å²) < 4.78 is 2.99. The van der Waals surface area contributed by atoms with E-state index in [4.69, 9.17) is 0 Å². The zero-order chi connectivity index (χ0) is 17.8. The summed E-state index contributed by atoms with van der Waals surface area (Å²) in [5.74, 6) is -1.37. The molecule has 3 aromatic rings. The van der Waals surface area contributed by atoms with E-state index >= 15 is 0 Å². The Morgan fingerprint density at radius 3 is 2.56 bits per heavy atom. The maximum Gasteiger partial charge on any atom is 0.330 e. The van der Waals surface area contributed by atoms with Crippen molar-refractivity contribution in [3.63, 3.8) is 0 Å². The van der Waals surface area contributed by atoms with Crippen LogP contribution < -0.4 is 5.32 Å². The average molecular weight is 401 g/mol. The topological polar surface area (TPSA) is 71.3 Å². The van der Waals surface area contributed by atoms with Crippen LogP contribution in [0.1, 0.15) is 18.0 Å².